The van der Waals surface area contributed by atoms with Crippen LogP contribution in [0, 0.1) is 0 Å². The Morgan fingerprint density at radius 1 is 1.25 bits per heavy atom. The van der Waals surface area contributed by atoms with Gasteiger partial charge in [0.2, 0.25) is 5.91 Å². The lowest BCUT2D eigenvalue weighted by Gasteiger charge is -2.14. The number of anilines is 1. The van der Waals surface area contributed by atoms with Crippen LogP contribution in [0.1, 0.15) is 13.3 Å². The van der Waals surface area contributed by atoms with E-state index >= 15 is 0 Å². The van der Waals surface area contributed by atoms with Crippen LogP contribution in [0.5, 0.6) is 0 Å². The molecule has 0 radical (unpaired) electrons. The van der Waals surface area contributed by atoms with E-state index in [-0.39, 0.29) is 18.2 Å². The summed E-state index contributed by atoms with van der Waals surface area (Å²) in [4.78, 5) is 33.4. The first-order valence-electron chi connectivity index (χ1n) is 6.50. The number of likely N-dealkylation sites (tertiary alicyclic amines) is 1. The van der Waals surface area contributed by atoms with Gasteiger partial charge in [-0.15, -0.1) is 0 Å². The molecule has 1 aliphatic rings. The number of carbonyl (C=O) groups excluding carboxylic acids is 2. The van der Waals surface area contributed by atoms with Gasteiger partial charge in [-0.3, -0.25) is 24.5 Å². The Labute approximate surface area is 115 Å². The van der Waals surface area contributed by atoms with Crippen LogP contribution in [0.4, 0.5) is 5.69 Å². The SMILES string of the molecule is CCN1C(=O)CC(Nc2ccc3nccnc3c2)C1=O. The smallest absolute Gasteiger partial charge is 0.252 e. The molecule has 1 saturated heterocycles. The molecule has 0 saturated carbocycles. The fourth-order valence-corrected chi connectivity index (χ4v) is 2.38. The van der Waals surface area contributed by atoms with Crippen molar-refractivity contribution in [2.75, 3.05) is 11.9 Å². The molecule has 1 unspecified atom stereocenters. The first kappa shape index (κ1) is 12.5. The van der Waals surface area contributed by atoms with Crippen molar-refractivity contribution in [3.05, 3.63) is 30.6 Å². The van der Waals surface area contributed by atoms with Gasteiger partial charge in [-0.1, -0.05) is 0 Å². The van der Waals surface area contributed by atoms with Gasteiger partial charge in [-0.2, -0.15) is 0 Å². The third-order valence-electron chi connectivity index (χ3n) is 3.37. The van der Waals surface area contributed by atoms with Gasteiger partial charge in [0.25, 0.3) is 5.91 Å². The van der Waals surface area contributed by atoms with Crippen molar-refractivity contribution < 1.29 is 9.59 Å². The average molecular weight is 270 g/mol. The van der Waals surface area contributed by atoms with Gasteiger partial charge in [0, 0.05) is 24.6 Å². The van der Waals surface area contributed by atoms with Gasteiger partial charge in [0.05, 0.1) is 17.5 Å². The normalized spacial score (nSPS) is 18.9. The molecule has 6 heteroatoms. The number of hydrogen-bond acceptors (Lipinski definition) is 5. The van der Waals surface area contributed by atoms with E-state index < -0.39 is 6.04 Å². The first-order valence-corrected chi connectivity index (χ1v) is 6.50. The van der Waals surface area contributed by atoms with Gasteiger partial charge in [-0.25, -0.2) is 0 Å². The van der Waals surface area contributed by atoms with Crippen LogP contribution < -0.4 is 5.32 Å². The van der Waals surface area contributed by atoms with E-state index in [9.17, 15) is 9.59 Å². The topological polar surface area (TPSA) is 75.2 Å². The highest BCUT2D eigenvalue weighted by atomic mass is 16.2. The number of aromatic nitrogens is 2. The zero-order valence-electron chi connectivity index (χ0n) is 11.0. The van der Waals surface area contributed by atoms with Crippen LogP contribution in [-0.2, 0) is 9.59 Å². The number of amides is 2. The summed E-state index contributed by atoms with van der Waals surface area (Å²) in [5, 5.41) is 3.10. The molecule has 3 rings (SSSR count). The van der Waals surface area contributed by atoms with E-state index in [1.807, 2.05) is 18.2 Å². The van der Waals surface area contributed by atoms with Crippen LogP contribution in [0.15, 0.2) is 30.6 Å². The van der Waals surface area contributed by atoms with Crippen molar-refractivity contribution in [2.24, 2.45) is 0 Å². The predicted molar refractivity (Wildman–Crippen MR) is 74.0 cm³/mol. The summed E-state index contributed by atoms with van der Waals surface area (Å²) in [6.45, 7) is 2.21. The highest BCUT2D eigenvalue weighted by Gasteiger charge is 2.37. The lowest BCUT2D eigenvalue weighted by Crippen LogP contribution is -2.34. The van der Waals surface area contributed by atoms with Crippen molar-refractivity contribution in [2.45, 2.75) is 19.4 Å². The molecular weight excluding hydrogens is 256 g/mol. The summed E-state index contributed by atoms with van der Waals surface area (Å²) in [6, 6.07) is 5.01. The molecule has 0 bridgehead atoms. The quantitative estimate of drug-likeness (QED) is 0.848. The summed E-state index contributed by atoms with van der Waals surface area (Å²) in [7, 11) is 0. The van der Waals surface area contributed by atoms with E-state index in [1.165, 1.54) is 4.90 Å². The number of hydrogen-bond donors (Lipinski definition) is 1. The molecular formula is C14H14N4O2. The molecule has 102 valence electrons. The molecule has 1 aliphatic heterocycles. The van der Waals surface area contributed by atoms with Crippen LogP contribution in [0.25, 0.3) is 11.0 Å². The second kappa shape index (κ2) is 4.88. The van der Waals surface area contributed by atoms with Crippen molar-refractivity contribution in [1.29, 1.82) is 0 Å². The fraction of sp³-hybridized carbons (Fsp3) is 0.286. The van der Waals surface area contributed by atoms with E-state index in [2.05, 4.69) is 15.3 Å². The van der Waals surface area contributed by atoms with Gasteiger partial charge in [-0.05, 0) is 25.1 Å². The Balaban J connectivity index is 1.83. The number of benzene rings is 1. The first-order chi connectivity index (χ1) is 9.69. The highest BCUT2D eigenvalue weighted by Crippen LogP contribution is 2.20. The fourth-order valence-electron chi connectivity index (χ4n) is 2.38. The van der Waals surface area contributed by atoms with Crippen molar-refractivity contribution in [3.63, 3.8) is 0 Å². The van der Waals surface area contributed by atoms with Gasteiger partial charge in [0.1, 0.15) is 6.04 Å². The Kier molecular flexibility index (Phi) is 3.06. The molecule has 2 heterocycles. The largest absolute Gasteiger partial charge is 0.373 e. The maximum atomic E-state index is 12.0. The Bertz CT molecular complexity index is 686. The number of likely N-dealkylation sites (N-methyl/N-ethyl adjacent to an activating group) is 1. The van der Waals surface area contributed by atoms with Crippen molar-refractivity contribution in [1.82, 2.24) is 14.9 Å². The summed E-state index contributed by atoms with van der Waals surface area (Å²) in [6.07, 6.45) is 3.45. The van der Waals surface area contributed by atoms with Crippen molar-refractivity contribution in [3.8, 4) is 0 Å². The Hall–Kier alpha value is -2.50. The molecule has 20 heavy (non-hydrogen) atoms. The van der Waals surface area contributed by atoms with Crippen LogP contribution in [0.2, 0.25) is 0 Å². The second-order valence-corrected chi connectivity index (χ2v) is 4.64. The highest BCUT2D eigenvalue weighted by molar-refractivity contribution is 6.06. The van der Waals surface area contributed by atoms with Gasteiger partial charge in [0.15, 0.2) is 0 Å². The zero-order chi connectivity index (χ0) is 14.1. The zero-order valence-corrected chi connectivity index (χ0v) is 11.0. The Morgan fingerprint density at radius 2 is 2.00 bits per heavy atom. The number of nitrogens with one attached hydrogen (secondary N) is 1. The van der Waals surface area contributed by atoms with E-state index in [0.29, 0.717) is 6.54 Å². The minimum atomic E-state index is -0.489. The van der Waals surface area contributed by atoms with E-state index in [4.69, 9.17) is 0 Å². The summed E-state index contributed by atoms with van der Waals surface area (Å²) >= 11 is 0. The van der Waals surface area contributed by atoms with Gasteiger partial charge >= 0.3 is 0 Å². The lowest BCUT2D eigenvalue weighted by atomic mass is 10.2. The molecule has 2 amide bonds. The third-order valence-corrected chi connectivity index (χ3v) is 3.37. The number of imide groups is 1. The molecule has 2 aromatic rings. The minimum Gasteiger partial charge on any atom is -0.373 e. The summed E-state index contributed by atoms with van der Waals surface area (Å²) < 4.78 is 0. The molecule has 1 atom stereocenters. The molecule has 6 nitrogen and oxygen atoms in total. The average Bonchev–Trinajstić information content (AvgIpc) is 2.73. The van der Waals surface area contributed by atoms with E-state index in [1.54, 1.807) is 19.3 Å². The minimum absolute atomic E-state index is 0.129. The van der Waals surface area contributed by atoms with Gasteiger partial charge < -0.3 is 5.32 Å². The molecule has 1 aromatic carbocycles. The number of nitrogens with zero attached hydrogens (tertiary/aromatic N) is 3. The molecule has 1 N–H and O–H groups in total. The van der Waals surface area contributed by atoms with Crippen molar-refractivity contribution >= 4 is 28.5 Å². The van der Waals surface area contributed by atoms with Crippen LogP contribution >= 0.6 is 0 Å². The summed E-state index contributed by atoms with van der Waals surface area (Å²) in [5.74, 6) is -0.299. The predicted octanol–water partition coefficient (Wildman–Crippen LogP) is 1.19. The van der Waals surface area contributed by atoms with Crippen LogP contribution in [0.3, 0.4) is 0 Å². The number of rotatable bonds is 3. The lowest BCUT2D eigenvalue weighted by molar-refractivity contribution is -0.138. The Morgan fingerprint density at radius 3 is 2.70 bits per heavy atom. The van der Waals surface area contributed by atoms with Crippen LogP contribution in [-0.4, -0.2) is 39.3 Å². The maximum Gasteiger partial charge on any atom is 0.252 e. The van der Waals surface area contributed by atoms with E-state index in [0.717, 1.165) is 16.7 Å². The molecule has 1 aromatic heterocycles. The number of carbonyl (C=O) groups is 2. The molecule has 0 spiro atoms. The summed E-state index contributed by atoms with van der Waals surface area (Å²) in [5.41, 5.74) is 2.31. The third kappa shape index (κ3) is 2.09. The monoisotopic (exact) mass is 270 g/mol. The second-order valence-electron chi connectivity index (χ2n) is 4.64. The molecule has 0 aliphatic carbocycles. The number of fused-ring (bicyclic) bond motifs is 1. The standard InChI is InChI=1S/C14H14N4O2/c1-2-18-13(19)8-12(14(18)20)17-9-3-4-10-11(7-9)16-6-5-15-10/h3-7,12,17H,2,8H2,1H3. The maximum absolute atomic E-state index is 12.0. The molecule has 1 fully saturated rings.